The molecule has 1 aromatic rings. The van der Waals surface area contributed by atoms with Crippen LogP contribution in [0.15, 0.2) is 12.1 Å². The van der Waals surface area contributed by atoms with Gasteiger partial charge in [0.1, 0.15) is 5.75 Å². The van der Waals surface area contributed by atoms with Gasteiger partial charge in [-0.2, -0.15) is 0 Å². The highest BCUT2D eigenvalue weighted by molar-refractivity contribution is 5.99. The molecule has 0 atom stereocenters. The Morgan fingerprint density at radius 1 is 1.18 bits per heavy atom. The van der Waals surface area contributed by atoms with Gasteiger partial charge in [-0.25, -0.2) is 8.78 Å². The second-order valence-electron chi connectivity index (χ2n) is 4.27. The van der Waals surface area contributed by atoms with Gasteiger partial charge < -0.3 is 4.74 Å². The van der Waals surface area contributed by atoms with Crippen LogP contribution in [0.3, 0.4) is 0 Å². The maximum atomic E-state index is 12.3. The number of carbonyl (C=O) groups excluding carboxylic acids is 1. The van der Waals surface area contributed by atoms with Gasteiger partial charge >= 0.3 is 6.43 Å². The van der Waals surface area contributed by atoms with Crippen LogP contribution in [0, 0.1) is 13.8 Å². The maximum Gasteiger partial charge on any atom is 0.300 e. The molecule has 0 fully saturated rings. The lowest BCUT2D eigenvalue weighted by Crippen LogP contribution is -2.12. The van der Waals surface area contributed by atoms with Gasteiger partial charge in [-0.05, 0) is 51.0 Å². The van der Waals surface area contributed by atoms with Crippen LogP contribution in [0.25, 0.3) is 0 Å². The van der Waals surface area contributed by atoms with Crippen molar-refractivity contribution >= 4 is 5.78 Å². The van der Waals surface area contributed by atoms with Crippen molar-refractivity contribution < 1.29 is 18.3 Å². The lowest BCUT2D eigenvalue weighted by Gasteiger charge is -2.16. The zero-order valence-electron chi connectivity index (χ0n) is 10.4. The second kappa shape index (κ2) is 5.25. The van der Waals surface area contributed by atoms with Crippen molar-refractivity contribution in [2.75, 3.05) is 0 Å². The first-order valence-corrected chi connectivity index (χ1v) is 5.43. The first kappa shape index (κ1) is 13.6. The number of carbonyl (C=O) groups is 1. The largest absolute Gasteiger partial charge is 0.490 e. The third-order valence-electron chi connectivity index (χ3n) is 2.30. The summed E-state index contributed by atoms with van der Waals surface area (Å²) in [5, 5.41) is 0. The number of hydrogen-bond donors (Lipinski definition) is 0. The van der Waals surface area contributed by atoms with Crippen LogP contribution in [0.1, 0.15) is 35.3 Å². The number of rotatable bonds is 4. The average Bonchev–Trinajstić information content (AvgIpc) is 2.21. The molecule has 0 amide bonds. The highest BCUT2D eigenvalue weighted by atomic mass is 19.3. The average molecular weight is 242 g/mol. The van der Waals surface area contributed by atoms with Crippen LogP contribution in [0.4, 0.5) is 8.78 Å². The SMILES string of the molecule is Cc1cc(C(=O)C(F)F)cc(C)c1OC(C)C. The molecule has 0 unspecified atom stereocenters. The van der Waals surface area contributed by atoms with Crippen molar-refractivity contribution in [2.24, 2.45) is 0 Å². The summed E-state index contributed by atoms with van der Waals surface area (Å²) in [6, 6.07) is 2.89. The van der Waals surface area contributed by atoms with Crippen molar-refractivity contribution in [1.82, 2.24) is 0 Å². The zero-order valence-corrected chi connectivity index (χ0v) is 10.4. The predicted molar refractivity (Wildman–Crippen MR) is 62.0 cm³/mol. The van der Waals surface area contributed by atoms with Gasteiger partial charge in [0, 0.05) is 5.56 Å². The van der Waals surface area contributed by atoms with E-state index in [1.165, 1.54) is 12.1 Å². The number of benzene rings is 1. The molecule has 4 heteroatoms. The normalized spacial score (nSPS) is 11.1. The van der Waals surface area contributed by atoms with Crippen molar-refractivity contribution in [3.63, 3.8) is 0 Å². The molecule has 0 aliphatic heterocycles. The first-order chi connectivity index (χ1) is 7.82. The summed E-state index contributed by atoms with van der Waals surface area (Å²) >= 11 is 0. The van der Waals surface area contributed by atoms with E-state index in [9.17, 15) is 13.6 Å². The van der Waals surface area contributed by atoms with E-state index in [2.05, 4.69) is 0 Å². The molecule has 1 rings (SSSR count). The number of hydrogen-bond acceptors (Lipinski definition) is 2. The number of Topliss-reactive ketones (excluding diaryl/α,β-unsaturated/α-hetero) is 1. The summed E-state index contributed by atoms with van der Waals surface area (Å²) in [4.78, 5) is 11.2. The molecule has 0 aliphatic rings. The maximum absolute atomic E-state index is 12.3. The Bertz CT molecular complexity index is 402. The number of alkyl halides is 2. The number of aryl methyl sites for hydroxylation is 2. The summed E-state index contributed by atoms with van der Waals surface area (Å²) in [6.07, 6.45) is -2.96. The molecular formula is C13H16F2O2. The predicted octanol–water partition coefficient (Wildman–Crippen LogP) is 3.54. The number of halogens is 2. The molecule has 17 heavy (non-hydrogen) atoms. The Kier molecular flexibility index (Phi) is 4.21. The third-order valence-corrected chi connectivity index (χ3v) is 2.30. The molecule has 0 heterocycles. The van der Waals surface area contributed by atoms with Gasteiger partial charge in [0.15, 0.2) is 0 Å². The minimum Gasteiger partial charge on any atom is -0.490 e. The van der Waals surface area contributed by atoms with E-state index in [1.807, 2.05) is 13.8 Å². The van der Waals surface area contributed by atoms with Crippen LogP contribution in [0.2, 0.25) is 0 Å². The van der Waals surface area contributed by atoms with Crippen LogP contribution in [-0.4, -0.2) is 18.3 Å². The highest BCUT2D eigenvalue weighted by Crippen LogP contribution is 2.26. The Morgan fingerprint density at radius 2 is 1.65 bits per heavy atom. The van der Waals surface area contributed by atoms with Crippen molar-refractivity contribution in [1.29, 1.82) is 0 Å². The fourth-order valence-corrected chi connectivity index (χ4v) is 1.64. The molecule has 0 saturated carbocycles. The minimum atomic E-state index is -2.97. The highest BCUT2D eigenvalue weighted by Gasteiger charge is 2.19. The minimum absolute atomic E-state index is 0.00375. The van der Waals surface area contributed by atoms with Gasteiger partial charge in [-0.3, -0.25) is 4.79 Å². The van der Waals surface area contributed by atoms with Gasteiger partial charge in [0.2, 0.25) is 5.78 Å². The van der Waals surface area contributed by atoms with Gasteiger partial charge in [-0.15, -0.1) is 0 Å². The number of ether oxygens (including phenoxy) is 1. The first-order valence-electron chi connectivity index (χ1n) is 5.43. The number of ketones is 1. The zero-order chi connectivity index (χ0) is 13.2. The molecule has 0 saturated heterocycles. The molecule has 2 nitrogen and oxygen atoms in total. The van der Waals surface area contributed by atoms with E-state index >= 15 is 0 Å². The molecule has 0 aromatic heterocycles. The Balaban J connectivity index is 3.13. The monoisotopic (exact) mass is 242 g/mol. The molecule has 0 radical (unpaired) electrons. The lowest BCUT2D eigenvalue weighted by molar-refractivity contribution is 0.0678. The summed E-state index contributed by atoms with van der Waals surface area (Å²) in [7, 11) is 0. The summed E-state index contributed by atoms with van der Waals surface area (Å²) in [5.74, 6) is -0.488. The smallest absolute Gasteiger partial charge is 0.300 e. The summed E-state index contributed by atoms with van der Waals surface area (Å²) in [5.41, 5.74) is 1.43. The van der Waals surface area contributed by atoms with Crippen LogP contribution >= 0.6 is 0 Å². The molecule has 0 aliphatic carbocycles. The fourth-order valence-electron chi connectivity index (χ4n) is 1.64. The van der Waals surface area contributed by atoms with Gasteiger partial charge in [0.25, 0.3) is 0 Å². The van der Waals surface area contributed by atoms with E-state index in [4.69, 9.17) is 4.74 Å². The summed E-state index contributed by atoms with van der Waals surface area (Å²) < 4.78 is 30.2. The van der Waals surface area contributed by atoms with Crippen molar-refractivity contribution in [3.05, 3.63) is 28.8 Å². The van der Waals surface area contributed by atoms with E-state index < -0.39 is 12.2 Å². The Morgan fingerprint density at radius 3 is 2.00 bits per heavy atom. The van der Waals surface area contributed by atoms with Crippen LogP contribution in [0.5, 0.6) is 5.75 Å². The van der Waals surface area contributed by atoms with Gasteiger partial charge in [0.05, 0.1) is 6.10 Å². The molecular weight excluding hydrogens is 226 g/mol. The van der Waals surface area contributed by atoms with Gasteiger partial charge in [-0.1, -0.05) is 0 Å². The van der Waals surface area contributed by atoms with E-state index in [0.29, 0.717) is 16.9 Å². The third kappa shape index (κ3) is 3.25. The quantitative estimate of drug-likeness (QED) is 0.755. The van der Waals surface area contributed by atoms with Crippen LogP contribution in [-0.2, 0) is 0 Å². The molecule has 0 spiro atoms. The van der Waals surface area contributed by atoms with E-state index in [0.717, 1.165) is 0 Å². The van der Waals surface area contributed by atoms with Crippen LogP contribution < -0.4 is 4.74 Å². The Hall–Kier alpha value is -1.45. The lowest BCUT2D eigenvalue weighted by atomic mass is 10.0. The molecule has 1 aromatic carbocycles. The van der Waals surface area contributed by atoms with E-state index in [1.54, 1.807) is 13.8 Å². The summed E-state index contributed by atoms with van der Waals surface area (Å²) in [6.45, 7) is 7.26. The van der Waals surface area contributed by atoms with Crippen molar-refractivity contribution in [2.45, 2.75) is 40.2 Å². The molecule has 0 N–H and O–H groups in total. The molecule has 94 valence electrons. The van der Waals surface area contributed by atoms with E-state index in [-0.39, 0.29) is 11.7 Å². The molecule has 0 bridgehead atoms. The second-order valence-corrected chi connectivity index (χ2v) is 4.27. The topological polar surface area (TPSA) is 26.3 Å². The Labute approximate surface area is 99.6 Å². The van der Waals surface area contributed by atoms with Crippen molar-refractivity contribution in [3.8, 4) is 5.75 Å². The standard InChI is InChI=1S/C13H16F2O2/c1-7(2)17-12-8(3)5-10(6-9(12)4)11(16)13(14)15/h5-7,13H,1-4H3. The fraction of sp³-hybridized carbons (Fsp3) is 0.462.